The molecular weight excluding hydrogens is 278 g/mol. The van der Waals surface area contributed by atoms with Crippen LogP contribution in [0.3, 0.4) is 0 Å². The van der Waals surface area contributed by atoms with E-state index in [9.17, 15) is 14.4 Å². The van der Waals surface area contributed by atoms with Crippen LogP contribution >= 0.6 is 0 Å². The van der Waals surface area contributed by atoms with Gasteiger partial charge in [-0.05, 0) is 6.42 Å². The summed E-state index contributed by atoms with van der Waals surface area (Å²) in [5.74, 6) is -1.96. The molecular formula is C13H19N3O5. The molecule has 2 heterocycles. The van der Waals surface area contributed by atoms with Gasteiger partial charge >= 0.3 is 12.0 Å². The van der Waals surface area contributed by atoms with Gasteiger partial charge in [0.25, 0.3) is 5.91 Å². The Morgan fingerprint density at radius 3 is 2.52 bits per heavy atom. The Labute approximate surface area is 122 Å². The molecule has 0 radical (unpaired) electrons. The molecule has 2 aliphatic heterocycles. The number of carbonyl (C=O) groups is 3. The molecule has 1 atom stereocenters. The number of carbonyl (C=O) groups excluding carboxylic acids is 2. The van der Waals surface area contributed by atoms with Crippen LogP contribution in [0.4, 0.5) is 4.79 Å². The largest absolute Gasteiger partial charge is 0.478 e. The zero-order chi connectivity index (χ0) is 15.2. The zero-order valence-electron chi connectivity index (χ0n) is 11.7. The summed E-state index contributed by atoms with van der Waals surface area (Å²) in [6.07, 6.45) is 2.39. The maximum atomic E-state index is 11.9. The van der Waals surface area contributed by atoms with E-state index in [2.05, 4.69) is 10.2 Å². The van der Waals surface area contributed by atoms with E-state index in [1.807, 2.05) is 0 Å². The summed E-state index contributed by atoms with van der Waals surface area (Å²) >= 11 is 0. The number of nitrogens with zero attached hydrogens (tertiary/aromatic N) is 2. The van der Waals surface area contributed by atoms with Gasteiger partial charge in [-0.3, -0.25) is 15.0 Å². The minimum absolute atomic E-state index is 0.296. The fourth-order valence-electron chi connectivity index (χ4n) is 2.54. The lowest BCUT2D eigenvalue weighted by Crippen LogP contribution is -2.46. The van der Waals surface area contributed by atoms with E-state index in [0.29, 0.717) is 38.4 Å². The minimum atomic E-state index is -1.23. The molecule has 0 aromatic rings. The van der Waals surface area contributed by atoms with Crippen molar-refractivity contribution in [1.82, 2.24) is 15.1 Å². The first-order chi connectivity index (χ1) is 10.1. The standard InChI is InChI=1S/C13H19N3O5/c17-11(1-2-12(18)19)14-13(20)16-4-3-10(9-16)15-5-7-21-8-6-15/h1-2,10H,3-9H2,(H,18,19)(H,14,17,20). The van der Waals surface area contributed by atoms with Crippen molar-refractivity contribution in [3.63, 3.8) is 0 Å². The molecule has 2 saturated heterocycles. The Bertz CT molecular complexity index is 445. The second-order valence-electron chi connectivity index (χ2n) is 5.00. The molecule has 2 rings (SSSR count). The van der Waals surface area contributed by atoms with E-state index in [4.69, 9.17) is 9.84 Å². The summed E-state index contributed by atoms with van der Waals surface area (Å²) in [6, 6.07) is -0.185. The van der Waals surface area contributed by atoms with Gasteiger partial charge in [0, 0.05) is 44.4 Å². The average Bonchev–Trinajstić information content (AvgIpc) is 2.96. The zero-order valence-corrected chi connectivity index (χ0v) is 11.7. The van der Waals surface area contributed by atoms with Gasteiger partial charge in [0.2, 0.25) is 0 Å². The summed E-state index contributed by atoms with van der Waals surface area (Å²) in [4.78, 5) is 37.4. The molecule has 8 heteroatoms. The second kappa shape index (κ2) is 7.19. The van der Waals surface area contributed by atoms with Crippen molar-refractivity contribution >= 4 is 17.9 Å². The Hall–Kier alpha value is -1.93. The van der Waals surface area contributed by atoms with Crippen LogP contribution in [-0.4, -0.2) is 78.2 Å². The van der Waals surface area contributed by atoms with E-state index < -0.39 is 17.9 Å². The van der Waals surface area contributed by atoms with Crippen LogP contribution in [0.15, 0.2) is 12.2 Å². The van der Waals surface area contributed by atoms with Crippen molar-refractivity contribution < 1.29 is 24.2 Å². The van der Waals surface area contributed by atoms with Crippen LogP contribution in [-0.2, 0) is 14.3 Å². The number of nitrogens with one attached hydrogen (secondary N) is 1. The number of morpholine rings is 1. The third-order valence-electron chi connectivity index (χ3n) is 3.62. The van der Waals surface area contributed by atoms with Gasteiger partial charge in [-0.25, -0.2) is 9.59 Å². The average molecular weight is 297 g/mol. The number of likely N-dealkylation sites (tertiary alicyclic amines) is 1. The topological polar surface area (TPSA) is 99.2 Å². The molecule has 0 aliphatic carbocycles. The van der Waals surface area contributed by atoms with E-state index in [0.717, 1.165) is 25.6 Å². The lowest BCUT2D eigenvalue weighted by molar-refractivity contribution is -0.131. The smallest absolute Gasteiger partial charge is 0.328 e. The summed E-state index contributed by atoms with van der Waals surface area (Å²) in [6.45, 7) is 4.30. The highest BCUT2D eigenvalue weighted by Gasteiger charge is 2.31. The predicted molar refractivity (Wildman–Crippen MR) is 72.7 cm³/mol. The molecule has 3 amide bonds. The number of urea groups is 1. The van der Waals surface area contributed by atoms with Crippen LogP contribution < -0.4 is 5.32 Å². The van der Waals surface area contributed by atoms with Gasteiger partial charge in [-0.1, -0.05) is 0 Å². The molecule has 0 aromatic heterocycles. The van der Waals surface area contributed by atoms with Gasteiger partial charge in [0.05, 0.1) is 13.2 Å². The number of carboxylic acids is 1. The third kappa shape index (κ3) is 4.54. The number of carboxylic acid groups (broad SMARTS) is 1. The lowest BCUT2D eigenvalue weighted by atomic mass is 10.2. The quantitative estimate of drug-likeness (QED) is 0.666. The van der Waals surface area contributed by atoms with Crippen LogP contribution in [0, 0.1) is 0 Å². The molecule has 116 valence electrons. The summed E-state index contributed by atoms with van der Waals surface area (Å²) in [7, 11) is 0. The van der Waals surface area contributed by atoms with Crippen molar-refractivity contribution in [1.29, 1.82) is 0 Å². The number of hydrogen-bond donors (Lipinski definition) is 2. The number of aliphatic carboxylic acids is 1. The third-order valence-corrected chi connectivity index (χ3v) is 3.62. The first-order valence-corrected chi connectivity index (χ1v) is 6.89. The minimum Gasteiger partial charge on any atom is -0.478 e. The predicted octanol–water partition coefficient (Wildman–Crippen LogP) is -0.730. The second-order valence-corrected chi connectivity index (χ2v) is 5.00. The van der Waals surface area contributed by atoms with Gasteiger partial charge in [-0.2, -0.15) is 0 Å². The van der Waals surface area contributed by atoms with E-state index in [-0.39, 0.29) is 0 Å². The van der Waals surface area contributed by atoms with Crippen molar-refractivity contribution in [3.8, 4) is 0 Å². The maximum Gasteiger partial charge on any atom is 0.328 e. The Morgan fingerprint density at radius 1 is 1.14 bits per heavy atom. The normalized spacial score (nSPS) is 23.4. The fourth-order valence-corrected chi connectivity index (χ4v) is 2.54. The van der Waals surface area contributed by atoms with E-state index in [1.54, 1.807) is 4.90 Å². The highest BCUT2D eigenvalue weighted by molar-refractivity contribution is 6.02. The molecule has 21 heavy (non-hydrogen) atoms. The van der Waals surface area contributed by atoms with E-state index in [1.165, 1.54) is 0 Å². The highest BCUT2D eigenvalue weighted by Crippen LogP contribution is 2.16. The number of amides is 3. The van der Waals surface area contributed by atoms with Crippen LogP contribution in [0.1, 0.15) is 6.42 Å². The first kappa shape index (κ1) is 15.5. The molecule has 0 saturated carbocycles. The van der Waals surface area contributed by atoms with Crippen molar-refractivity contribution in [2.45, 2.75) is 12.5 Å². The molecule has 0 aromatic carbocycles. The molecule has 0 bridgehead atoms. The summed E-state index contributed by atoms with van der Waals surface area (Å²) in [5.41, 5.74) is 0. The Morgan fingerprint density at radius 2 is 1.86 bits per heavy atom. The van der Waals surface area contributed by atoms with Crippen molar-refractivity contribution in [2.75, 3.05) is 39.4 Å². The number of ether oxygens (including phenoxy) is 1. The molecule has 2 aliphatic rings. The molecule has 0 spiro atoms. The Kier molecular flexibility index (Phi) is 5.29. The van der Waals surface area contributed by atoms with E-state index >= 15 is 0 Å². The summed E-state index contributed by atoms with van der Waals surface area (Å²) in [5, 5.41) is 10.6. The highest BCUT2D eigenvalue weighted by atomic mass is 16.5. The van der Waals surface area contributed by atoms with Gasteiger partial charge in [0.1, 0.15) is 0 Å². The van der Waals surface area contributed by atoms with Crippen molar-refractivity contribution in [2.24, 2.45) is 0 Å². The van der Waals surface area contributed by atoms with Crippen LogP contribution in [0.2, 0.25) is 0 Å². The maximum absolute atomic E-state index is 11.9. The number of imide groups is 1. The molecule has 2 fully saturated rings. The first-order valence-electron chi connectivity index (χ1n) is 6.89. The van der Waals surface area contributed by atoms with Gasteiger partial charge in [0.15, 0.2) is 0 Å². The van der Waals surface area contributed by atoms with Gasteiger partial charge < -0.3 is 14.7 Å². The SMILES string of the molecule is O=C(O)C=CC(=O)NC(=O)N1CCC(N2CCOCC2)C1. The van der Waals surface area contributed by atoms with Crippen LogP contribution in [0.25, 0.3) is 0 Å². The summed E-state index contributed by atoms with van der Waals surface area (Å²) < 4.78 is 5.30. The Balaban J connectivity index is 1.79. The number of rotatable bonds is 3. The monoisotopic (exact) mass is 297 g/mol. The molecule has 1 unspecified atom stereocenters. The fraction of sp³-hybridized carbons (Fsp3) is 0.615. The molecule has 8 nitrogen and oxygen atoms in total. The van der Waals surface area contributed by atoms with Crippen LogP contribution in [0.5, 0.6) is 0 Å². The van der Waals surface area contributed by atoms with Gasteiger partial charge in [-0.15, -0.1) is 0 Å². The lowest BCUT2D eigenvalue weighted by Gasteiger charge is -2.31. The number of hydrogen-bond acceptors (Lipinski definition) is 5. The molecule has 2 N–H and O–H groups in total. The van der Waals surface area contributed by atoms with Crippen molar-refractivity contribution in [3.05, 3.63) is 12.2 Å².